The van der Waals surface area contributed by atoms with Crippen LogP contribution < -0.4 is 11.2 Å². The van der Waals surface area contributed by atoms with Gasteiger partial charge in [0.15, 0.2) is 0 Å². The number of benzene rings is 1. The van der Waals surface area contributed by atoms with Crippen molar-refractivity contribution in [3.05, 3.63) is 40.7 Å². The molecular formula is C18H23N5O3. The minimum atomic E-state index is -0.731. The van der Waals surface area contributed by atoms with E-state index in [0.717, 1.165) is 0 Å². The van der Waals surface area contributed by atoms with Crippen molar-refractivity contribution in [1.29, 1.82) is 0 Å². The number of nitrogens with zero attached hydrogens (tertiary/aromatic N) is 4. The molecule has 0 saturated carbocycles. The second-order valence-electron chi connectivity index (χ2n) is 6.97. The maximum atomic E-state index is 12.7. The van der Waals surface area contributed by atoms with Crippen LogP contribution in [0.4, 0.5) is 0 Å². The summed E-state index contributed by atoms with van der Waals surface area (Å²) in [5, 5.41) is 4.65. The summed E-state index contributed by atoms with van der Waals surface area (Å²) < 4.78 is 1.55. The molecule has 8 heteroatoms. The number of hydrogen-bond donors (Lipinski definition) is 1. The van der Waals surface area contributed by atoms with Gasteiger partial charge in [-0.3, -0.25) is 24.0 Å². The Balaban J connectivity index is 1.70. The van der Waals surface area contributed by atoms with Gasteiger partial charge in [0.1, 0.15) is 6.54 Å². The lowest BCUT2D eigenvalue weighted by Gasteiger charge is -2.42. The average molecular weight is 357 g/mol. The van der Waals surface area contributed by atoms with E-state index in [-0.39, 0.29) is 23.8 Å². The van der Waals surface area contributed by atoms with Crippen LogP contribution in [0.5, 0.6) is 0 Å². The van der Waals surface area contributed by atoms with Gasteiger partial charge in [-0.05, 0) is 26.0 Å². The third-order valence-electron chi connectivity index (χ3n) is 5.07. The van der Waals surface area contributed by atoms with Gasteiger partial charge in [-0.2, -0.15) is 5.10 Å². The van der Waals surface area contributed by atoms with Crippen LogP contribution in [-0.4, -0.2) is 63.1 Å². The standard InChI is InChI=1S/C18H23N5O3/c1-18(2,17(19)26)22-9-7-21(8-10-22)16(25)12-23-14-6-4-3-5-13(14)15(24)11-20-23/h3-6,11H,7-10,12H2,1-2H3,(H2,19,26). The topological polar surface area (TPSA) is 102 Å². The fraction of sp³-hybridized carbons (Fsp3) is 0.444. The monoisotopic (exact) mass is 357 g/mol. The summed E-state index contributed by atoms with van der Waals surface area (Å²) in [7, 11) is 0. The molecule has 138 valence electrons. The highest BCUT2D eigenvalue weighted by Gasteiger charge is 2.35. The number of fused-ring (bicyclic) bond motifs is 1. The molecule has 0 spiro atoms. The second kappa shape index (κ2) is 6.87. The number of piperazine rings is 1. The first-order chi connectivity index (χ1) is 12.3. The van der Waals surface area contributed by atoms with Crippen LogP contribution in [0.3, 0.4) is 0 Å². The van der Waals surface area contributed by atoms with Gasteiger partial charge in [-0.15, -0.1) is 0 Å². The number of carbonyl (C=O) groups excluding carboxylic acids is 2. The number of amides is 2. The maximum absolute atomic E-state index is 12.7. The van der Waals surface area contributed by atoms with E-state index in [1.54, 1.807) is 41.6 Å². The minimum Gasteiger partial charge on any atom is -0.368 e. The highest BCUT2D eigenvalue weighted by molar-refractivity contribution is 5.84. The Morgan fingerprint density at radius 3 is 2.46 bits per heavy atom. The van der Waals surface area contributed by atoms with Crippen molar-refractivity contribution in [2.75, 3.05) is 26.2 Å². The summed E-state index contributed by atoms with van der Waals surface area (Å²) in [6.45, 7) is 5.87. The highest BCUT2D eigenvalue weighted by Crippen LogP contribution is 2.17. The smallest absolute Gasteiger partial charge is 0.244 e. The molecule has 1 aliphatic rings. The van der Waals surface area contributed by atoms with E-state index in [1.165, 1.54) is 6.20 Å². The molecule has 0 radical (unpaired) electrons. The minimum absolute atomic E-state index is 0.0668. The predicted octanol–water partition coefficient (Wildman–Crippen LogP) is -0.195. The number of hydrogen-bond acceptors (Lipinski definition) is 5. The number of rotatable bonds is 4. The zero-order chi connectivity index (χ0) is 18.9. The van der Waals surface area contributed by atoms with Gasteiger partial charge in [0, 0.05) is 31.6 Å². The summed E-state index contributed by atoms with van der Waals surface area (Å²) in [6.07, 6.45) is 1.24. The fourth-order valence-corrected chi connectivity index (χ4v) is 3.19. The highest BCUT2D eigenvalue weighted by atomic mass is 16.2. The normalized spacial score (nSPS) is 16.0. The van der Waals surface area contributed by atoms with Gasteiger partial charge in [0.05, 0.1) is 17.3 Å². The van der Waals surface area contributed by atoms with Crippen molar-refractivity contribution in [1.82, 2.24) is 19.6 Å². The van der Waals surface area contributed by atoms with E-state index in [9.17, 15) is 14.4 Å². The number of carbonyl (C=O) groups is 2. The van der Waals surface area contributed by atoms with Crippen molar-refractivity contribution < 1.29 is 9.59 Å². The summed E-state index contributed by atoms with van der Waals surface area (Å²) in [6, 6.07) is 7.11. The average Bonchev–Trinajstić information content (AvgIpc) is 2.64. The van der Waals surface area contributed by atoms with Gasteiger partial charge < -0.3 is 10.6 Å². The zero-order valence-corrected chi connectivity index (χ0v) is 15.0. The van der Waals surface area contributed by atoms with E-state index in [2.05, 4.69) is 5.10 Å². The number of para-hydroxylation sites is 1. The Labute approximate surface area is 151 Å². The Bertz CT molecular complexity index is 897. The Morgan fingerprint density at radius 2 is 1.81 bits per heavy atom. The first-order valence-electron chi connectivity index (χ1n) is 8.58. The summed E-state index contributed by atoms with van der Waals surface area (Å²) in [5.74, 6) is -0.441. The molecule has 2 N–H and O–H groups in total. The number of primary amides is 1. The molecule has 0 atom stereocenters. The number of nitrogens with two attached hydrogens (primary N) is 1. The molecule has 1 saturated heterocycles. The van der Waals surface area contributed by atoms with Crippen LogP contribution in [0.15, 0.2) is 35.3 Å². The first-order valence-corrected chi connectivity index (χ1v) is 8.58. The van der Waals surface area contributed by atoms with Crippen molar-refractivity contribution in [2.24, 2.45) is 5.73 Å². The molecule has 2 heterocycles. The molecule has 0 aliphatic carbocycles. The van der Waals surface area contributed by atoms with Crippen LogP contribution in [0.25, 0.3) is 10.9 Å². The molecule has 1 aliphatic heterocycles. The van der Waals surface area contributed by atoms with Gasteiger partial charge in [-0.1, -0.05) is 12.1 Å². The van der Waals surface area contributed by atoms with Crippen LogP contribution in [0.2, 0.25) is 0 Å². The fourth-order valence-electron chi connectivity index (χ4n) is 3.19. The molecule has 26 heavy (non-hydrogen) atoms. The summed E-state index contributed by atoms with van der Waals surface area (Å²) in [5.41, 5.74) is 5.21. The number of aromatic nitrogens is 2. The van der Waals surface area contributed by atoms with Crippen LogP contribution in [-0.2, 0) is 16.1 Å². The van der Waals surface area contributed by atoms with Gasteiger partial charge in [-0.25, -0.2) is 0 Å². The lowest BCUT2D eigenvalue weighted by molar-refractivity contribution is -0.136. The quantitative estimate of drug-likeness (QED) is 0.817. The molecule has 3 rings (SSSR count). The molecule has 1 aromatic heterocycles. The molecule has 1 fully saturated rings. The Kier molecular flexibility index (Phi) is 4.78. The van der Waals surface area contributed by atoms with E-state index in [4.69, 9.17) is 5.73 Å². The lowest BCUT2D eigenvalue weighted by atomic mass is 10.0. The van der Waals surface area contributed by atoms with Crippen LogP contribution in [0, 0.1) is 0 Å². The van der Waals surface area contributed by atoms with Crippen LogP contribution in [0.1, 0.15) is 13.8 Å². The molecule has 2 aromatic rings. The maximum Gasteiger partial charge on any atom is 0.244 e. The van der Waals surface area contributed by atoms with Gasteiger partial charge in [0.2, 0.25) is 17.2 Å². The molecule has 0 bridgehead atoms. The third kappa shape index (κ3) is 3.32. The Hall–Kier alpha value is -2.74. The summed E-state index contributed by atoms with van der Waals surface area (Å²) >= 11 is 0. The third-order valence-corrected chi connectivity index (χ3v) is 5.07. The summed E-state index contributed by atoms with van der Waals surface area (Å²) in [4.78, 5) is 39.9. The van der Waals surface area contributed by atoms with Crippen LogP contribution >= 0.6 is 0 Å². The van der Waals surface area contributed by atoms with Crippen molar-refractivity contribution >= 4 is 22.7 Å². The first kappa shape index (κ1) is 18.1. The zero-order valence-electron chi connectivity index (χ0n) is 15.0. The SMILES string of the molecule is CC(C)(C(N)=O)N1CCN(C(=O)Cn2ncc(=O)c3ccccc32)CC1. The van der Waals surface area contributed by atoms with Gasteiger partial charge in [0.25, 0.3) is 0 Å². The van der Waals surface area contributed by atoms with Crippen molar-refractivity contribution in [2.45, 2.75) is 25.9 Å². The van der Waals surface area contributed by atoms with E-state index in [1.807, 2.05) is 11.0 Å². The molecule has 2 amide bonds. The predicted molar refractivity (Wildman–Crippen MR) is 97.4 cm³/mol. The molecule has 8 nitrogen and oxygen atoms in total. The van der Waals surface area contributed by atoms with Gasteiger partial charge >= 0.3 is 0 Å². The molecule has 1 aromatic carbocycles. The lowest BCUT2D eigenvalue weighted by Crippen LogP contribution is -2.60. The van der Waals surface area contributed by atoms with Crippen molar-refractivity contribution in [3.8, 4) is 0 Å². The Morgan fingerprint density at radius 1 is 1.15 bits per heavy atom. The van der Waals surface area contributed by atoms with Crippen molar-refractivity contribution in [3.63, 3.8) is 0 Å². The van der Waals surface area contributed by atoms with E-state index in [0.29, 0.717) is 37.1 Å². The second-order valence-corrected chi connectivity index (χ2v) is 6.97. The molecule has 0 unspecified atom stereocenters. The largest absolute Gasteiger partial charge is 0.368 e. The van der Waals surface area contributed by atoms with E-state index >= 15 is 0 Å². The molecular weight excluding hydrogens is 334 g/mol. The van der Waals surface area contributed by atoms with E-state index < -0.39 is 5.54 Å².